The maximum absolute atomic E-state index is 6.33. The highest BCUT2D eigenvalue weighted by atomic mass is 35.5. The van der Waals surface area contributed by atoms with E-state index in [0.29, 0.717) is 5.92 Å². The van der Waals surface area contributed by atoms with Gasteiger partial charge in [0.15, 0.2) is 0 Å². The van der Waals surface area contributed by atoms with Crippen molar-refractivity contribution in [2.45, 2.75) is 31.1 Å². The molecule has 14 heavy (non-hydrogen) atoms. The van der Waals surface area contributed by atoms with Crippen LogP contribution in [0.1, 0.15) is 24.8 Å². The summed E-state index contributed by atoms with van der Waals surface area (Å²) in [6, 6.07) is 7.97. The van der Waals surface area contributed by atoms with Gasteiger partial charge in [0.2, 0.25) is 0 Å². The van der Waals surface area contributed by atoms with Crippen LogP contribution in [-0.4, -0.2) is 5.38 Å². The first-order valence-electron chi connectivity index (χ1n) is 5.15. The van der Waals surface area contributed by atoms with Crippen molar-refractivity contribution in [3.63, 3.8) is 0 Å². The zero-order valence-corrected chi connectivity index (χ0v) is 9.56. The van der Waals surface area contributed by atoms with Crippen LogP contribution in [0.4, 0.5) is 0 Å². The Morgan fingerprint density at radius 3 is 2.57 bits per heavy atom. The summed E-state index contributed by atoms with van der Waals surface area (Å²) in [4.78, 5) is 0. The average Bonchev–Trinajstić information content (AvgIpc) is 2.05. The Kier molecular flexibility index (Phi) is 3.35. The summed E-state index contributed by atoms with van der Waals surface area (Å²) in [5.74, 6) is 0.716. The third-order valence-electron chi connectivity index (χ3n) is 3.03. The first-order chi connectivity index (χ1) is 6.77. The van der Waals surface area contributed by atoms with Crippen LogP contribution in [0.5, 0.6) is 0 Å². The van der Waals surface area contributed by atoms with Crippen LogP contribution in [0.25, 0.3) is 0 Å². The molecule has 0 N–H and O–H groups in total. The standard InChI is InChI=1S/C12H14Cl2/c13-11-7-2-1-4-10(11)8-12(14)9-5-3-6-9/h1-2,4,7,9,12H,3,5-6,8H2. The summed E-state index contributed by atoms with van der Waals surface area (Å²) in [5, 5.41) is 1.11. The van der Waals surface area contributed by atoms with E-state index in [9.17, 15) is 0 Å². The minimum atomic E-state index is 0.267. The average molecular weight is 229 g/mol. The summed E-state index contributed by atoms with van der Waals surface area (Å²) in [5.41, 5.74) is 1.18. The van der Waals surface area contributed by atoms with Crippen LogP contribution in [-0.2, 0) is 6.42 Å². The van der Waals surface area contributed by atoms with Gasteiger partial charge >= 0.3 is 0 Å². The predicted octanol–water partition coefficient (Wildman–Crippen LogP) is 4.29. The summed E-state index contributed by atoms with van der Waals surface area (Å²) in [7, 11) is 0. The Morgan fingerprint density at radius 2 is 2.00 bits per heavy atom. The smallest absolute Gasteiger partial charge is 0.0438 e. The van der Waals surface area contributed by atoms with Gasteiger partial charge in [-0.25, -0.2) is 0 Å². The Morgan fingerprint density at radius 1 is 1.29 bits per heavy atom. The van der Waals surface area contributed by atoms with E-state index in [0.717, 1.165) is 11.4 Å². The molecule has 2 heteroatoms. The van der Waals surface area contributed by atoms with E-state index in [1.165, 1.54) is 24.8 Å². The van der Waals surface area contributed by atoms with Gasteiger partial charge in [-0.3, -0.25) is 0 Å². The largest absolute Gasteiger partial charge is 0.122 e. The lowest BCUT2D eigenvalue weighted by Gasteiger charge is -2.30. The Balaban J connectivity index is 1.99. The van der Waals surface area contributed by atoms with Gasteiger partial charge in [0.25, 0.3) is 0 Å². The molecule has 1 aromatic rings. The molecule has 76 valence electrons. The van der Waals surface area contributed by atoms with Crippen LogP contribution >= 0.6 is 23.2 Å². The number of benzene rings is 1. The SMILES string of the molecule is Clc1ccccc1CC(Cl)C1CCC1. The van der Waals surface area contributed by atoms with Gasteiger partial charge in [0, 0.05) is 10.4 Å². The molecule has 0 nitrogen and oxygen atoms in total. The number of hydrogen-bond donors (Lipinski definition) is 0. The maximum atomic E-state index is 6.33. The minimum absolute atomic E-state index is 0.267. The molecule has 0 saturated heterocycles. The van der Waals surface area contributed by atoms with E-state index in [1.807, 2.05) is 18.2 Å². The highest BCUT2D eigenvalue weighted by Crippen LogP contribution is 2.34. The topological polar surface area (TPSA) is 0 Å². The fourth-order valence-electron chi connectivity index (χ4n) is 1.84. The lowest BCUT2D eigenvalue weighted by Crippen LogP contribution is -2.24. The Labute approximate surface area is 95.2 Å². The molecular formula is C12H14Cl2. The van der Waals surface area contributed by atoms with Gasteiger partial charge in [-0.15, -0.1) is 11.6 Å². The molecule has 0 aliphatic heterocycles. The van der Waals surface area contributed by atoms with E-state index in [2.05, 4.69) is 6.07 Å². The molecule has 0 bridgehead atoms. The fourth-order valence-corrected chi connectivity index (χ4v) is 2.47. The maximum Gasteiger partial charge on any atom is 0.0438 e. The molecule has 1 aliphatic carbocycles. The first kappa shape index (κ1) is 10.3. The van der Waals surface area contributed by atoms with Crippen molar-refractivity contribution in [3.8, 4) is 0 Å². The van der Waals surface area contributed by atoms with Crippen molar-refractivity contribution in [2.24, 2.45) is 5.92 Å². The molecular weight excluding hydrogens is 215 g/mol. The molecule has 2 rings (SSSR count). The highest BCUT2D eigenvalue weighted by molar-refractivity contribution is 6.31. The molecule has 1 aromatic carbocycles. The lowest BCUT2D eigenvalue weighted by atomic mass is 9.81. The second-order valence-corrected chi connectivity index (χ2v) is 4.97. The van der Waals surface area contributed by atoms with Crippen LogP contribution < -0.4 is 0 Å². The molecule has 0 heterocycles. The molecule has 1 atom stereocenters. The van der Waals surface area contributed by atoms with Gasteiger partial charge in [0.05, 0.1) is 0 Å². The molecule has 1 aliphatic rings. The third-order valence-corrected chi connectivity index (χ3v) is 3.91. The number of hydrogen-bond acceptors (Lipinski definition) is 0. The molecule has 0 aromatic heterocycles. The molecule has 1 unspecified atom stereocenters. The quantitative estimate of drug-likeness (QED) is 0.678. The van der Waals surface area contributed by atoms with Crippen molar-refractivity contribution in [3.05, 3.63) is 34.9 Å². The summed E-state index contributed by atoms with van der Waals surface area (Å²) in [6.07, 6.45) is 4.83. The van der Waals surface area contributed by atoms with E-state index in [4.69, 9.17) is 23.2 Å². The number of rotatable bonds is 3. The van der Waals surface area contributed by atoms with Crippen molar-refractivity contribution < 1.29 is 0 Å². The number of halogens is 2. The van der Waals surface area contributed by atoms with Crippen LogP contribution in [0, 0.1) is 5.92 Å². The van der Waals surface area contributed by atoms with Gasteiger partial charge in [0.1, 0.15) is 0 Å². The van der Waals surface area contributed by atoms with Gasteiger partial charge in [-0.2, -0.15) is 0 Å². The molecule has 1 saturated carbocycles. The molecule has 0 spiro atoms. The lowest BCUT2D eigenvalue weighted by molar-refractivity contribution is 0.302. The Bertz CT molecular complexity index is 305. The Hall–Kier alpha value is -0.200. The van der Waals surface area contributed by atoms with Crippen LogP contribution in [0.3, 0.4) is 0 Å². The zero-order chi connectivity index (χ0) is 9.97. The predicted molar refractivity (Wildman–Crippen MR) is 62.1 cm³/mol. The fraction of sp³-hybridized carbons (Fsp3) is 0.500. The van der Waals surface area contributed by atoms with Gasteiger partial charge in [-0.1, -0.05) is 36.2 Å². The van der Waals surface area contributed by atoms with Crippen LogP contribution in [0.15, 0.2) is 24.3 Å². The van der Waals surface area contributed by atoms with Crippen molar-refractivity contribution in [2.75, 3.05) is 0 Å². The first-order valence-corrected chi connectivity index (χ1v) is 5.96. The van der Waals surface area contributed by atoms with Gasteiger partial charge < -0.3 is 0 Å². The third kappa shape index (κ3) is 2.24. The second-order valence-electron chi connectivity index (χ2n) is 4.00. The molecule has 0 radical (unpaired) electrons. The number of alkyl halides is 1. The van der Waals surface area contributed by atoms with E-state index in [-0.39, 0.29) is 5.38 Å². The van der Waals surface area contributed by atoms with Crippen molar-refractivity contribution >= 4 is 23.2 Å². The summed E-state index contributed by atoms with van der Waals surface area (Å²) < 4.78 is 0. The van der Waals surface area contributed by atoms with E-state index < -0.39 is 0 Å². The van der Waals surface area contributed by atoms with E-state index in [1.54, 1.807) is 0 Å². The van der Waals surface area contributed by atoms with Crippen molar-refractivity contribution in [1.29, 1.82) is 0 Å². The van der Waals surface area contributed by atoms with Gasteiger partial charge in [-0.05, 0) is 36.8 Å². The minimum Gasteiger partial charge on any atom is -0.122 e. The molecule has 1 fully saturated rings. The van der Waals surface area contributed by atoms with Crippen molar-refractivity contribution in [1.82, 2.24) is 0 Å². The summed E-state index contributed by atoms with van der Waals surface area (Å²) in [6.45, 7) is 0. The van der Waals surface area contributed by atoms with Crippen LogP contribution in [0.2, 0.25) is 5.02 Å². The molecule has 0 amide bonds. The summed E-state index contributed by atoms with van der Waals surface area (Å²) >= 11 is 12.4. The van der Waals surface area contributed by atoms with E-state index >= 15 is 0 Å². The normalized spacial score (nSPS) is 19.0. The highest BCUT2D eigenvalue weighted by Gasteiger charge is 2.25. The monoisotopic (exact) mass is 228 g/mol. The zero-order valence-electron chi connectivity index (χ0n) is 8.05. The second kappa shape index (κ2) is 4.55.